The molecule has 14 heteroatoms. The Labute approximate surface area is 216 Å². The van der Waals surface area contributed by atoms with Crippen molar-refractivity contribution < 1.29 is 52.8 Å². The van der Waals surface area contributed by atoms with Crippen molar-refractivity contribution in [3.05, 3.63) is 33.7 Å². The highest BCUT2D eigenvalue weighted by atomic mass is 16.7. The average Bonchev–Trinajstić information content (AvgIpc) is 2.84. The number of hydrogen-bond donors (Lipinski definition) is 4. The lowest BCUT2D eigenvalue weighted by molar-refractivity contribution is -0.305. The van der Waals surface area contributed by atoms with Crippen LogP contribution >= 0.6 is 0 Å². The Morgan fingerprint density at radius 2 is 1.95 bits per heavy atom. The number of carbonyl (C=O) groups excluding carboxylic acids is 2. The highest BCUT2D eigenvalue weighted by Crippen LogP contribution is 2.37. The number of rotatable bonds is 8. The van der Waals surface area contributed by atoms with Crippen LogP contribution in [0.2, 0.25) is 0 Å². The Balaban J connectivity index is 1.93. The second-order valence-corrected chi connectivity index (χ2v) is 8.63. The normalized spacial score (nSPS) is 22.3. The van der Waals surface area contributed by atoms with Gasteiger partial charge in [0.2, 0.25) is 6.29 Å². The molecule has 38 heavy (non-hydrogen) atoms. The molecule has 14 nitrogen and oxygen atoms in total. The molecule has 2 amide bonds. The molecule has 0 aliphatic carbocycles. The number of benzene rings is 1. The maximum Gasteiger partial charge on any atom is 0.431 e. The van der Waals surface area contributed by atoms with Crippen molar-refractivity contribution in [1.82, 2.24) is 11.0 Å². The molecule has 1 aliphatic rings. The molecule has 4 atom stereocenters. The predicted molar refractivity (Wildman–Crippen MR) is 128 cm³/mol. The number of aliphatic hydroxyl groups excluding tert-OH is 1. The number of methoxy groups -OCH3 is 1. The van der Waals surface area contributed by atoms with E-state index in [4.69, 9.17) is 34.6 Å². The molecule has 1 aliphatic heterocycles. The van der Waals surface area contributed by atoms with Gasteiger partial charge in [0.15, 0.2) is 17.8 Å². The van der Waals surface area contributed by atoms with Crippen molar-refractivity contribution in [1.29, 1.82) is 0 Å². The number of carbonyl (C=O) groups is 2. The number of hydroxylamine groups is 2. The van der Waals surface area contributed by atoms with Crippen molar-refractivity contribution in [3.63, 3.8) is 0 Å². The van der Waals surface area contributed by atoms with Crippen LogP contribution in [0.5, 0.6) is 11.5 Å². The van der Waals surface area contributed by atoms with E-state index >= 15 is 0 Å². The van der Waals surface area contributed by atoms with Crippen LogP contribution in [-0.4, -0.2) is 73.2 Å². The molecule has 1 aromatic heterocycles. The molecule has 1 saturated heterocycles. The molecule has 0 radical (unpaired) electrons. The highest BCUT2D eigenvalue weighted by molar-refractivity contribution is 6.01. The van der Waals surface area contributed by atoms with E-state index in [1.807, 2.05) is 11.0 Å². The van der Waals surface area contributed by atoms with E-state index in [1.165, 1.54) is 33.3 Å². The zero-order chi connectivity index (χ0) is 28.2. The van der Waals surface area contributed by atoms with Crippen LogP contribution in [0.25, 0.3) is 11.0 Å². The first-order valence-electron chi connectivity index (χ1n) is 11.2. The zero-order valence-corrected chi connectivity index (χ0v) is 21.2. The average molecular weight is 536 g/mol. The number of aliphatic hydroxyl groups is 1. The number of ether oxygens (including phenoxy) is 4. The van der Waals surface area contributed by atoms with Gasteiger partial charge in [-0.2, -0.15) is 5.48 Å². The molecule has 1 aromatic carbocycles. The van der Waals surface area contributed by atoms with E-state index in [9.17, 15) is 24.6 Å². The van der Waals surface area contributed by atoms with Gasteiger partial charge < -0.3 is 33.6 Å². The number of terminal acetylenes is 1. The van der Waals surface area contributed by atoms with Crippen LogP contribution < -0.4 is 21.3 Å². The Bertz CT molecular complexity index is 1300. The van der Waals surface area contributed by atoms with Gasteiger partial charge in [-0.15, -0.1) is 6.42 Å². The molecular weight excluding hydrogens is 508 g/mol. The SMILES string of the molecule is C#CCONC(=O)O[C@H]1[C@@H](O)[C@H](Oc2ccc3c(O)c(C(=O)NOC)c(=O)oc3c2C)OC(C)(C)[C@@H]1OC. The van der Waals surface area contributed by atoms with E-state index < -0.39 is 59.1 Å². The van der Waals surface area contributed by atoms with Crippen molar-refractivity contribution in [2.75, 3.05) is 20.8 Å². The summed E-state index contributed by atoms with van der Waals surface area (Å²) < 4.78 is 27.9. The van der Waals surface area contributed by atoms with E-state index in [1.54, 1.807) is 13.8 Å². The predicted octanol–water partition coefficient (Wildman–Crippen LogP) is 0.647. The first-order chi connectivity index (χ1) is 18.0. The van der Waals surface area contributed by atoms with Crippen molar-refractivity contribution >= 4 is 23.0 Å². The largest absolute Gasteiger partial charge is 0.506 e. The van der Waals surface area contributed by atoms with Gasteiger partial charge in [0.05, 0.1) is 18.1 Å². The molecular formula is C24H28N2O12. The van der Waals surface area contributed by atoms with Crippen LogP contribution in [-0.2, 0) is 23.9 Å². The Morgan fingerprint density at radius 1 is 1.24 bits per heavy atom. The summed E-state index contributed by atoms with van der Waals surface area (Å²) in [4.78, 5) is 45.9. The van der Waals surface area contributed by atoms with Crippen LogP contribution in [0.4, 0.5) is 4.79 Å². The fourth-order valence-electron chi connectivity index (χ4n) is 4.06. The molecule has 2 heterocycles. The van der Waals surface area contributed by atoms with Crippen molar-refractivity contribution in [3.8, 4) is 23.8 Å². The topological polar surface area (TPSA) is 184 Å². The minimum absolute atomic E-state index is 0.0467. The first kappa shape index (κ1) is 28.7. The second kappa shape index (κ2) is 11.7. The lowest BCUT2D eigenvalue weighted by atomic mass is 9.89. The molecule has 4 N–H and O–H groups in total. The smallest absolute Gasteiger partial charge is 0.431 e. The highest BCUT2D eigenvalue weighted by Gasteiger charge is 2.53. The van der Waals surface area contributed by atoms with Gasteiger partial charge in [0, 0.05) is 12.7 Å². The van der Waals surface area contributed by atoms with E-state index in [-0.39, 0.29) is 28.9 Å². The van der Waals surface area contributed by atoms with Gasteiger partial charge in [-0.25, -0.2) is 15.1 Å². The molecule has 0 spiro atoms. The summed E-state index contributed by atoms with van der Waals surface area (Å²) in [6.45, 7) is 4.60. The van der Waals surface area contributed by atoms with Crippen molar-refractivity contribution in [2.45, 2.75) is 51.0 Å². The summed E-state index contributed by atoms with van der Waals surface area (Å²) in [7, 11) is 2.52. The summed E-state index contributed by atoms with van der Waals surface area (Å²) in [6.07, 6.45) is -1.09. The molecule has 206 valence electrons. The number of aromatic hydroxyl groups is 1. The third-order valence-corrected chi connectivity index (χ3v) is 5.74. The number of aryl methyl sites for hydroxylation is 1. The lowest BCUT2D eigenvalue weighted by Gasteiger charge is -2.47. The minimum atomic E-state index is -1.55. The molecule has 1 fully saturated rings. The summed E-state index contributed by atoms with van der Waals surface area (Å²) in [5.74, 6) is 0.655. The van der Waals surface area contributed by atoms with Crippen LogP contribution in [0.15, 0.2) is 21.3 Å². The standard InChI is InChI=1S/C24H28N2O12/c1-7-10-34-26-23(31)37-18-16(28)22(38-24(3,4)19(18)32-5)35-13-9-8-12-15(27)14(20(29)25-33-6)21(30)36-17(12)11(13)2/h1,8-9,16,18-19,22,27-28H,10H2,2-6H3,(H,25,29)(H,26,31)/t16-,18+,19-,22-/m1/s1. The minimum Gasteiger partial charge on any atom is -0.506 e. The third-order valence-electron chi connectivity index (χ3n) is 5.74. The molecule has 2 aromatic rings. The van der Waals surface area contributed by atoms with Gasteiger partial charge in [0.1, 0.15) is 29.8 Å². The molecule has 0 bridgehead atoms. The first-order valence-corrected chi connectivity index (χ1v) is 11.2. The van der Waals surface area contributed by atoms with Crippen molar-refractivity contribution in [2.24, 2.45) is 0 Å². The number of nitrogens with one attached hydrogen (secondary N) is 2. The quantitative estimate of drug-likeness (QED) is 0.160. The van der Waals surface area contributed by atoms with Gasteiger partial charge in [-0.3, -0.25) is 14.5 Å². The summed E-state index contributed by atoms with van der Waals surface area (Å²) in [6, 6.07) is 2.76. The number of fused-ring (bicyclic) bond motifs is 1. The van der Waals surface area contributed by atoms with Crippen LogP contribution in [0.1, 0.15) is 29.8 Å². The van der Waals surface area contributed by atoms with Gasteiger partial charge >= 0.3 is 11.7 Å². The Kier molecular flexibility index (Phi) is 8.82. The van der Waals surface area contributed by atoms with E-state index in [0.29, 0.717) is 0 Å². The van der Waals surface area contributed by atoms with E-state index in [0.717, 1.165) is 0 Å². The Hall–Kier alpha value is -3.87. The second-order valence-electron chi connectivity index (χ2n) is 8.63. The zero-order valence-electron chi connectivity index (χ0n) is 21.2. The maximum atomic E-state index is 12.4. The van der Waals surface area contributed by atoms with E-state index in [2.05, 4.69) is 10.8 Å². The molecule has 0 saturated carbocycles. The number of hydrogen-bond acceptors (Lipinski definition) is 12. The maximum absolute atomic E-state index is 12.4. The van der Waals surface area contributed by atoms with Gasteiger partial charge in [0.25, 0.3) is 5.91 Å². The fraction of sp³-hybridized carbons (Fsp3) is 0.458. The lowest BCUT2D eigenvalue weighted by Crippen LogP contribution is -2.65. The van der Waals surface area contributed by atoms with Crippen LogP contribution in [0, 0.1) is 19.3 Å². The monoisotopic (exact) mass is 536 g/mol. The molecule has 0 unspecified atom stereocenters. The summed E-state index contributed by atoms with van der Waals surface area (Å²) in [5, 5.41) is 21.6. The van der Waals surface area contributed by atoms with Gasteiger partial charge in [-0.1, -0.05) is 5.92 Å². The third kappa shape index (κ3) is 5.67. The summed E-state index contributed by atoms with van der Waals surface area (Å²) >= 11 is 0. The Morgan fingerprint density at radius 3 is 2.58 bits per heavy atom. The van der Waals surface area contributed by atoms with Crippen LogP contribution in [0.3, 0.4) is 0 Å². The number of amides is 2. The summed E-state index contributed by atoms with van der Waals surface area (Å²) in [5.41, 5.74) is 1.23. The fourth-order valence-corrected chi connectivity index (χ4v) is 4.06. The molecule has 3 rings (SSSR count). The van der Waals surface area contributed by atoms with Gasteiger partial charge in [-0.05, 0) is 32.9 Å².